The molecule has 3 aromatic rings. The highest BCUT2D eigenvalue weighted by atomic mass is 32.1. The maximum atomic E-state index is 12.3. The molecule has 2 amide bonds. The molecule has 0 atom stereocenters. The Balaban J connectivity index is 1.49. The van der Waals surface area contributed by atoms with Crippen molar-refractivity contribution in [1.29, 1.82) is 0 Å². The summed E-state index contributed by atoms with van der Waals surface area (Å²) in [4.78, 5) is 26.7. The fraction of sp³-hybridized carbons (Fsp3) is 0.200. The summed E-state index contributed by atoms with van der Waals surface area (Å²) in [6.45, 7) is 0.721. The highest BCUT2D eigenvalue weighted by Gasteiger charge is 2.13. The lowest BCUT2D eigenvalue weighted by Crippen LogP contribution is -2.34. The second kappa shape index (κ2) is 9.38. The van der Waals surface area contributed by atoms with E-state index < -0.39 is 0 Å². The van der Waals surface area contributed by atoms with E-state index in [9.17, 15) is 9.59 Å². The number of urea groups is 1. The van der Waals surface area contributed by atoms with Gasteiger partial charge in [0.2, 0.25) is 5.78 Å². The Morgan fingerprint density at radius 2 is 1.71 bits per heavy atom. The molecule has 146 valence electrons. The molecule has 0 aliphatic rings. The average Bonchev–Trinajstić information content (AvgIpc) is 3.42. The molecular formula is C20H20N2O4S2. The lowest BCUT2D eigenvalue weighted by molar-refractivity contribution is 0.104. The summed E-state index contributed by atoms with van der Waals surface area (Å²) < 4.78 is 10.5. The molecule has 0 bridgehead atoms. The zero-order valence-electron chi connectivity index (χ0n) is 15.5. The summed E-state index contributed by atoms with van der Waals surface area (Å²) in [5.74, 6) is 1.27. The Morgan fingerprint density at radius 3 is 2.43 bits per heavy atom. The Bertz CT molecular complexity index is 951. The zero-order valence-corrected chi connectivity index (χ0v) is 17.1. The number of nitrogens with one attached hydrogen (secondary N) is 2. The van der Waals surface area contributed by atoms with Crippen LogP contribution in [0.2, 0.25) is 0 Å². The van der Waals surface area contributed by atoms with Crippen LogP contribution < -0.4 is 20.1 Å². The number of hydrogen-bond donors (Lipinski definition) is 2. The third-order valence-corrected chi connectivity index (χ3v) is 5.91. The highest BCUT2D eigenvalue weighted by molar-refractivity contribution is 7.16. The Morgan fingerprint density at radius 1 is 0.929 bits per heavy atom. The van der Waals surface area contributed by atoms with Gasteiger partial charge in [-0.05, 0) is 41.3 Å². The van der Waals surface area contributed by atoms with E-state index >= 15 is 0 Å². The molecular weight excluding hydrogens is 396 g/mol. The molecule has 6 nitrogen and oxygen atoms in total. The summed E-state index contributed by atoms with van der Waals surface area (Å²) in [5, 5.41) is 7.49. The molecule has 0 unspecified atom stereocenters. The molecule has 2 N–H and O–H groups in total. The van der Waals surface area contributed by atoms with Crippen molar-refractivity contribution in [2.24, 2.45) is 0 Å². The third kappa shape index (κ3) is 4.90. The number of carbonyl (C=O) groups is 2. The molecule has 0 spiro atoms. The van der Waals surface area contributed by atoms with Gasteiger partial charge in [-0.15, -0.1) is 22.7 Å². The first-order valence-electron chi connectivity index (χ1n) is 8.50. The van der Waals surface area contributed by atoms with Crippen LogP contribution in [0.4, 0.5) is 4.79 Å². The highest BCUT2D eigenvalue weighted by Crippen LogP contribution is 2.27. The van der Waals surface area contributed by atoms with Gasteiger partial charge >= 0.3 is 6.03 Å². The number of ether oxygens (including phenoxy) is 2. The maximum absolute atomic E-state index is 12.3. The van der Waals surface area contributed by atoms with Gasteiger partial charge in [-0.3, -0.25) is 4.79 Å². The van der Waals surface area contributed by atoms with Crippen molar-refractivity contribution in [3.63, 3.8) is 0 Å². The SMILES string of the molecule is COc1ccc(CNC(=O)NCc2ccc(C(=O)c3cccs3)s2)cc1OC. The summed E-state index contributed by atoms with van der Waals surface area (Å²) in [7, 11) is 3.15. The summed E-state index contributed by atoms with van der Waals surface area (Å²) in [5.41, 5.74) is 0.896. The van der Waals surface area contributed by atoms with Crippen molar-refractivity contribution < 1.29 is 19.1 Å². The molecule has 8 heteroatoms. The van der Waals surface area contributed by atoms with Gasteiger partial charge in [-0.1, -0.05) is 12.1 Å². The van der Waals surface area contributed by atoms with Crippen molar-refractivity contribution >= 4 is 34.5 Å². The van der Waals surface area contributed by atoms with Crippen LogP contribution in [0, 0.1) is 0 Å². The molecule has 0 saturated heterocycles. The van der Waals surface area contributed by atoms with E-state index in [1.807, 2.05) is 35.7 Å². The van der Waals surface area contributed by atoms with Gasteiger partial charge in [0.1, 0.15) is 0 Å². The maximum Gasteiger partial charge on any atom is 0.315 e. The topological polar surface area (TPSA) is 76.7 Å². The normalized spacial score (nSPS) is 10.4. The van der Waals surface area contributed by atoms with E-state index in [0.717, 1.165) is 10.4 Å². The van der Waals surface area contributed by atoms with Gasteiger partial charge in [0.05, 0.1) is 30.5 Å². The molecule has 3 rings (SSSR count). The van der Waals surface area contributed by atoms with Gasteiger partial charge in [-0.2, -0.15) is 0 Å². The molecule has 0 saturated carbocycles. The molecule has 2 aromatic heterocycles. The first kappa shape index (κ1) is 19.9. The smallest absolute Gasteiger partial charge is 0.315 e. The van der Waals surface area contributed by atoms with Crippen LogP contribution in [-0.4, -0.2) is 26.0 Å². The van der Waals surface area contributed by atoms with Crippen LogP contribution in [-0.2, 0) is 13.1 Å². The van der Waals surface area contributed by atoms with Crippen LogP contribution in [0.3, 0.4) is 0 Å². The number of benzene rings is 1. The lowest BCUT2D eigenvalue weighted by atomic mass is 10.2. The van der Waals surface area contributed by atoms with Gasteiger partial charge in [0.25, 0.3) is 0 Å². The van der Waals surface area contributed by atoms with Crippen LogP contribution in [0.1, 0.15) is 25.0 Å². The Labute approximate surface area is 171 Å². The van der Waals surface area contributed by atoms with Crippen molar-refractivity contribution in [3.8, 4) is 11.5 Å². The molecule has 2 heterocycles. The minimum atomic E-state index is -0.283. The minimum Gasteiger partial charge on any atom is -0.493 e. The number of carbonyl (C=O) groups excluding carboxylic acids is 2. The number of hydrogen-bond acceptors (Lipinski definition) is 6. The van der Waals surface area contributed by atoms with Gasteiger partial charge in [-0.25, -0.2) is 4.79 Å². The Hall–Kier alpha value is -2.84. The number of thiophene rings is 2. The van der Waals surface area contributed by atoms with Gasteiger partial charge in [0.15, 0.2) is 11.5 Å². The van der Waals surface area contributed by atoms with E-state index in [0.29, 0.717) is 34.3 Å². The molecule has 0 fully saturated rings. The molecule has 1 aromatic carbocycles. The van der Waals surface area contributed by atoms with Crippen molar-refractivity contribution in [2.45, 2.75) is 13.1 Å². The van der Waals surface area contributed by atoms with Crippen molar-refractivity contribution in [3.05, 3.63) is 68.0 Å². The van der Waals surface area contributed by atoms with Crippen LogP contribution in [0.15, 0.2) is 47.8 Å². The Kier molecular flexibility index (Phi) is 6.67. The molecule has 0 aliphatic heterocycles. The fourth-order valence-electron chi connectivity index (χ4n) is 2.53. The first-order valence-corrected chi connectivity index (χ1v) is 10.2. The second-order valence-corrected chi connectivity index (χ2v) is 7.91. The van der Waals surface area contributed by atoms with Crippen molar-refractivity contribution in [1.82, 2.24) is 10.6 Å². The molecule has 28 heavy (non-hydrogen) atoms. The predicted molar refractivity (Wildman–Crippen MR) is 111 cm³/mol. The minimum absolute atomic E-state index is 0.0177. The van der Waals surface area contributed by atoms with Crippen molar-refractivity contribution in [2.75, 3.05) is 14.2 Å². The van der Waals surface area contributed by atoms with E-state index in [4.69, 9.17) is 9.47 Å². The van der Waals surface area contributed by atoms with Crippen LogP contribution >= 0.6 is 22.7 Å². The fourth-order valence-corrected chi connectivity index (χ4v) is 4.17. The molecule has 0 aliphatic carbocycles. The van der Waals surface area contributed by atoms with Gasteiger partial charge in [0, 0.05) is 11.4 Å². The number of ketones is 1. The summed E-state index contributed by atoms with van der Waals surface area (Å²) >= 11 is 2.81. The van der Waals surface area contributed by atoms with E-state index in [2.05, 4.69) is 10.6 Å². The zero-order chi connectivity index (χ0) is 19.9. The molecule has 0 radical (unpaired) electrons. The van der Waals surface area contributed by atoms with E-state index in [1.165, 1.54) is 22.7 Å². The summed E-state index contributed by atoms with van der Waals surface area (Å²) in [6.07, 6.45) is 0. The summed E-state index contributed by atoms with van der Waals surface area (Å²) in [6, 6.07) is 12.5. The van der Waals surface area contributed by atoms with Gasteiger partial charge < -0.3 is 20.1 Å². The second-order valence-electron chi connectivity index (χ2n) is 5.80. The number of amides is 2. The first-order chi connectivity index (χ1) is 13.6. The van der Waals surface area contributed by atoms with Crippen LogP contribution in [0.25, 0.3) is 0 Å². The average molecular weight is 417 g/mol. The lowest BCUT2D eigenvalue weighted by Gasteiger charge is -2.10. The third-order valence-electron chi connectivity index (χ3n) is 3.95. The number of methoxy groups -OCH3 is 2. The number of rotatable bonds is 8. The van der Waals surface area contributed by atoms with E-state index in [-0.39, 0.29) is 11.8 Å². The predicted octanol–water partition coefficient (Wildman–Crippen LogP) is 4.06. The quantitative estimate of drug-likeness (QED) is 0.543. The van der Waals surface area contributed by atoms with Crippen LogP contribution in [0.5, 0.6) is 11.5 Å². The standard InChI is InChI=1S/C20H20N2O4S2/c1-25-15-7-5-13(10-16(15)26-2)11-21-20(24)22-12-14-6-8-18(28-14)19(23)17-4-3-9-27-17/h3-10H,11-12H2,1-2H3,(H2,21,22,24). The van der Waals surface area contributed by atoms with E-state index in [1.54, 1.807) is 26.4 Å². The largest absolute Gasteiger partial charge is 0.493 e. The monoisotopic (exact) mass is 416 g/mol.